The number of nitrogens with zero attached hydrogens (tertiary/aromatic N) is 1. The summed E-state index contributed by atoms with van der Waals surface area (Å²) in [4.78, 5) is 16.6. The molecule has 1 aliphatic rings. The highest BCUT2D eigenvalue weighted by molar-refractivity contribution is 5.94. The van der Waals surface area contributed by atoms with E-state index < -0.39 is 0 Å². The van der Waals surface area contributed by atoms with E-state index in [1.165, 1.54) is 0 Å². The van der Waals surface area contributed by atoms with Crippen LogP contribution in [0, 0.1) is 0 Å². The van der Waals surface area contributed by atoms with Crippen LogP contribution < -0.4 is 14.8 Å². The molecule has 24 heavy (non-hydrogen) atoms. The number of fused-ring (bicyclic) bond motifs is 1. The first-order chi connectivity index (χ1) is 11.8. The van der Waals surface area contributed by atoms with Crippen molar-refractivity contribution in [1.29, 1.82) is 0 Å². The molecular weight excluding hydrogens is 308 g/mol. The number of carbonyl (C=O) groups is 1. The van der Waals surface area contributed by atoms with Gasteiger partial charge in [0.1, 0.15) is 5.69 Å². The van der Waals surface area contributed by atoms with Gasteiger partial charge in [0, 0.05) is 18.3 Å². The number of benzene rings is 1. The van der Waals surface area contributed by atoms with Gasteiger partial charge in [-0.3, -0.25) is 9.78 Å². The zero-order valence-corrected chi connectivity index (χ0v) is 12.7. The summed E-state index contributed by atoms with van der Waals surface area (Å²) in [5.74, 6) is 1.78. The van der Waals surface area contributed by atoms with Crippen LogP contribution in [-0.4, -0.2) is 17.7 Å². The zero-order chi connectivity index (χ0) is 16.4. The molecule has 4 rings (SSSR count). The minimum Gasteiger partial charge on any atom is -0.463 e. The summed E-state index contributed by atoms with van der Waals surface area (Å²) >= 11 is 0. The Labute approximate surface area is 138 Å². The van der Waals surface area contributed by atoms with E-state index in [-0.39, 0.29) is 12.7 Å². The molecule has 0 saturated carbocycles. The maximum absolute atomic E-state index is 12.2. The van der Waals surface area contributed by atoms with Crippen LogP contribution in [0.5, 0.6) is 11.5 Å². The predicted molar refractivity (Wildman–Crippen MR) is 85.7 cm³/mol. The molecule has 3 heterocycles. The Hall–Kier alpha value is -3.28. The Bertz CT molecular complexity index is 857. The molecule has 0 aliphatic carbocycles. The maximum Gasteiger partial charge on any atom is 0.251 e. The standard InChI is InChI=1S/C18H14N2O4/c21-18(13-4-6-16-17(8-13)24-11-23-16)20-10-12-3-5-14(19-9-12)15-2-1-7-22-15/h1-9H,10-11H2,(H,20,21). The van der Waals surface area contributed by atoms with Crippen molar-refractivity contribution in [3.05, 3.63) is 66.1 Å². The second-order valence-electron chi connectivity index (χ2n) is 5.28. The summed E-state index contributed by atoms with van der Waals surface area (Å²) in [5, 5.41) is 2.86. The van der Waals surface area contributed by atoms with Crippen LogP contribution in [0.4, 0.5) is 0 Å². The molecule has 6 nitrogen and oxygen atoms in total. The van der Waals surface area contributed by atoms with Gasteiger partial charge in [-0.15, -0.1) is 0 Å². The van der Waals surface area contributed by atoms with Crippen molar-refractivity contribution in [2.75, 3.05) is 6.79 Å². The number of pyridine rings is 1. The van der Waals surface area contributed by atoms with Gasteiger partial charge in [0.15, 0.2) is 17.3 Å². The van der Waals surface area contributed by atoms with Gasteiger partial charge < -0.3 is 19.2 Å². The molecule has 3 aromatic rings. The molecule has 0 bridgehead atoms. The number of carbonyl (C=O) groups excluding carboxylic acids is 1. The van der Waals surface area contributed by atoms with Crippen molar-refractivity contribution >= 4 is 5.91 Å². The van der Waals surface area contributed by atoms with E-state index in [0.717, 1.165) is 11.3 Å². The average molecular weight is 322 g/mol. The third-order valence-electron chi connectivity index (χ3n) is 3.69. The van der Waals surface area contributed by atoms with Crippen molar-refractivity contribution in [1.82, 2.24) is 10.3 Å². The summed E-state index contributed by atoms with van der Waals surface area (Å²) in [6.07, 6.45) is 3.33. The molecule has 0 saturated heterocycles. The van der Waals surface area contributed by atoms with E-state index in [0.29, 0.717) is 29.4 Å². The number of rotatable bonds is 4. The fraction of sp³-hybridized carbons (Fsp3) is 0.111. The lowest BCUT2D eigenvalue weighted by Gasteiger charge is -2.06. The Balaban J connectivity index is 1.40. The topological polar surface area (TPSA) is 73.6 Å². The summed E-state index contributed by atoms with van der Waals surface area (Å²) in [6, 6.07) is 12.6. The first-order valence-corrected chi connectivity index (χ1v) is 7.46. The summed E-state index contributed by atoms with van der Waals surface area (Å²) in [5.41, 5.74) is 2.18. The molecule has 0 fully saturated rings. The van der Waals surface area contributed by atoms with Crippen molar-refractivity contribution < 1.29 is 18.7 Å². The SMILES string of the molecule is O=C(NCc1ccc(-c2ccco2)nc1)c1ccc2c(c1)OCO2. The molecule has 1 N–H and O–H groups in total. The fourth-order valence-electron chi connectivity index (χ4n) is 2.42. The molecule has 0 spiro atoms. The van der Waals surface area contributed by atoms with Gasteiger partial charge in [-0.1, -0.05) is 6.07 Å². The van der Waals surface area contributed by atoms with Crippen molar-refractivity contribution in [2.45, 2.75) is 6.54 Å². The number of hydrogen-bond donors (Lipinski definition) is 1. The predicted octanol–water partition coefficient (Wildman–Crippen LogP) is 3.00. The Morgan fingerprint density at radius 1 is 1.12 bits per heavy atom. The molecule has 0 atom stereocenters. The molecular formula is C18H14N2O4. The number of aromatic nitrogens is 1. The molecule has 6 heteroatoms. The van der Waals surface area contributed by atoms with Gasteiger partial charge in [-0.25, -0.2) is 0 Å². The highest BCUT2D eigenvalue weighted by Crippen LogP contribution is 2.32. The lowest BCUT2D eigenvalue weighted by molar-refractivity contribution is 0.0950. The monoisotopic (exact) mass is 322 g/mol. The van der Waals surface area contributed by atoms with Gasteiger partial charge in [0.2, 0.25) is 6.79 Å². The van der Waals surface area contributed by atoms with Crippen molar-refractivity contribution in [3.8, 4) is 23.0 Å². The Kier molecular flexibility index (Phi) is 3.63. The summed E-state index contributed by atoms with van der Waals surface area (Å²) < 4.78 is 15.8. The van der Waals surface area contributed by atoms with Crippen molar-refractivity contribution in [3.63, 3.8) is 0 Å². The summed E-state index contributed by atoms with van der Waals surface area (Å²) in [6.45, 7) is 0.576. The van der Waals surface area contributed by atoms with Gasteiger partial charge in [-0.2, -0.15) is 0 Å². The van der Waals surface area contributed by atoms with Crippen LogP contribution >= 0.6 is 0 Å². The number of furan rings is 1. The minimum absolute atomic E-state index is 0.177. The number of nitrogens with one attached hydrogen (secondary N) is 1. The molecule has 0 unspecified atom stereocenters. The Morgan fingerprint density at radius 2 is 2.04 bits per heavy atom. The van der Waals surface area contributed by atoms with E-state index in [9.17, 15) is 4.79 Å². The van der Waals surface area contributed by atoms with Crippen LogP contribution in [0.1, 0.15) is 15.9 Å². The third kappa shape index (κ3) is 2.81. The van der Waals surface area contributed by atoms with Gasteiger partial charge in [-0.05, 0) is 42.0 Å². The van der Waals surface area contributed by atoms with Crippen LogP contribution in [0.2, 0.25) is 0 Å². The fourth-order valence-corrected chi connectivity index (χ4v) is 2.42. The normalized spacial score (nSPS) is 12.2. The van der Waals surface area contributed by atoms with E-state index >= 15 is 0 Å². The minimum atomic E-state index is -0.177. The zero-order valence-electron chi connectivity index (χ0n) is 12.7. The van der Waals surface area contributed by atoms with E-state index in [1.54, 1.807) is 30.7 Å². The quantitative estimate of drug-likeness (QED) is 0.799. The van der Waals surface area contributed by atoms with E-state index in [4.69, 9.17) is 13.9 Å². The lowest BCUT2D eigenvalue weighted by atomic mass is 10.2. The highest BCUT2D eigenvalue weighted by atomic mass is 16.7. The number of ether oxygens (including phenoxy) is 2. The van der Waals surface area contributed by atoms with E-state index in [2.05, 4.69) is 10.3 Å². The second kappa shape index (κ2) is 6.08. The van der Waals surface area contributed by atoms with Gasteiger partial charge in [0.05, 0.1) is 6.26 Å². The summed E-state index contributed by atoms with van der Waals surface area (Å²) in [7, 11) is 0. The average Bonchev–Trinajstić information content (AvgIpc) is 3.30. The number of amides is 1. The van der Waals surface area contributed by atoms with Gasteiger partial charge in [0.25, 0.3) is 5.91 Å². The van der Waals surface area contributed by atoms with Crippen LogP contribution in [-0.2, 0) is 6.54 Å². The Morgan fingerprint density at radius 3 is 2.83 bits per heavy atom. The second-order valence-corrected chi connectivity index (χ2v) is 5.28. The third-order valence-corrected chi connectivity index (χ3v) is 3.69. The molecule has 1 amide bonds. The van der Waals surface area contributed by atoms with E-state index in [1.807, 2.05) is 24.3 Å². The first kappa shape index (κ1) is 14.3. The lowest BCUT2D eigenvalue weighted by Crippen LogP contribution is -2.22. The molecule has 2 aromatic heterocycles. The van der Waals surface area contributed by atoms with Crippen LogP contribution in [0.25, 0.3) is 11.5 Å². The molecule has 1 aliphatic heterocycles. The van der Waals surface area contributed by atoms with Crippen LogP contribution in [0.3, 0.4) is 0 Å². The smallest absolute Gasteiger partial charge is 0.251 e. The largest absolute Gasteiger partial charge is 0.463 e. The number of hydrogen-bond acceptors (Lipinski definition) is 5. The molecule has 120 valence electrons. The molecule has 0 radical (unpaired) electrons. The maximum atomic E-state index is 12.2. The molecule has 1 aromatic carbocycles. The van der Waals surface area contributed by atoms with Crippen LogP contribution in [0.15, 0.2) is 59.3 Å². The highest BCUT2D eigenvalue weighted by Gasteiger charge is 2.16. The van der Waals surface area contributed by atoms with Gasteiger partial charge >= 0.3 is 0 Å². The van der Waals surface area contributed by atoms with Crippen molar-refractivity contribution in [2.24, 2.45) is 0 Å². The first-order valence-electron chi connectivity index (χ1n) is 7.46.